The van der Waals surface area contributed by atoms with Crippen LogP contribution in [0.4, 0.5) is 0 Å². The van der Waals surface area contributed by atoms with Crippen molar-refractivity contribution < 1.29 is 37.9 Å². The summed E-state index contributed by atoms with van der Waals surface area (Å²) < 4.78 is 26.8. The molecule has 3 N–H and O–H groups in total. The molecular weight excluding hydrogens is 677 g/mol. The number of nitrogens with one attached hydrogen (secondary N) is 1. The third-order valence-corrected chi connectivity index (χ3v) is 10.1. The molecule has 2 unspecified atom stereocenters. The second kappa shape index (κ2) is 39.2. The highest BCUT2D eigenvalue weighted by molar-refractivity contribution is 7.47. The molecule has 0 aliphatic carbocycles. The van der Waals surface area contributed by atoms with Gasteiger partial charge in [-0.1, -0.05) is 173 Å². The number of allylic oxidation sites excluding steroid dienone is 4. The van der Waals surface area contributed by atoms with E-state index in [-0.39, 0.29) is 32.1 Å². The van der Waals surface area contributed by atoms with E-state index in [1.54, 1.807) is 0 Å². The van der Waals surface area contributed by atoms with E-state index in [9.17, 15) is 24.2 Å². The molecule has 0 rings (SSSR count). The number of hydrogen-bond donors (Lipinski definition) is 3. The standard InChI is InChI=1S/C42H80NO8P/c1-3-5-7-9-11-13-15-17-18-19-20-21-23-25-27-29-31-33-35-42(46)49-38-40(44)39-51-52(47,48)50-37-36-43-41(45)34-32-30-28-26-24-22-16-14-12-10-8-6-4-2/h8,10,14,16,40,44H,3-7,9,11-13,15,17-39H2,1-2H3,(H,43,45)(H,47,48)/b10-8-,16-14-. The van der Waals surface area contributed by atoms with E-state index in [1.807, 2.05) is 0 Å². The lowest BCUT2D eigenvalue weighted by molar-refractivity contribution is -0.147. The SMILES string of the molecule is CCC/C=C\C/C=C\CCCCCCCC(=O)NCCOP(=O)(O)OCC(O)COC(=O)CCCCCCCCCCCCCCCCCCCC. The molecule has 9 nitrogen and oxygen atoms in total. The lowest BCUT2D eigenvalue weighted by Crippen LogP contribution is -2.27. The molecule has 0 aliphatic heterocycles. The first kappa shape index (κ1) is 50.5. The Balaban J connectivity index is 3.58. The first-order valence-corrected chi connectivity index (χ1v) is 22.8. The number of carbonyl (C=O) groups is 2. The molecule has 0 saturated heterocycles. The molecule has 0 spiro atoms. The quantitative estimate of drug-likeness (QED) is 0.0244. The highest BCUT2D eigenvalue weighted by atomic mass is 31.2. The van der Waals surface area contributed by atoms with Crippen molar-refractivity contribution in [2.45, 2.75) is 206 Å². The van der Waals surface area contributed by atoms with Crippen molar-refractivity contribution in [2.24, 2.45) is 0 Å². The molecule has 52 heavy (non-hydrogen) atoms. The third-order valence-electron chi connectivity index (χ3n) is 9.12. The molecule has 0 heterocycles. The summed E-state index contributed by atoms with van der Waals surface area (Å²) in [6.07, 6.45) is 41.1. The molecule has 306 valence electrons. The number of phosphoric acid groups is 1. The first-order chi connectivity index (χ1) is 25.3. The van der Waals surface area contributed by atoms with Gasteiger partial charge in [-0.15, -0.1) is 0 Å². The maximum atomic E-state index is 12.1. The number of aliphatic hydroxyl groups is 1. The third kappa shape index (κ3) is 39.7. The van der Waals surface area contributed by atoms with Crippen LogP contribution in [-0.2, 0) is 27.9 Å². The summed E-state index contributed by atoms with van der Waals surface area (Å²) in [5.74, 6) is -0.525. The Bertz CT molecular complexity index is 912. The number of carbonyl (C=O) groups excluding carboxylic acids is 2. The number of phosphoric ester groups is 1. The zero-order valence-electron chi connectivity index (χ0n) is 33.5. The molecule has 0 aromatic heterocycles. The van der Waals surface area contributed by atoms with Crippen molar-refractivity contribution in [1.29, 1.82) is 0 Å². The fraction of sp³-hybridized carbons (Fsp3) is 0.857. The highest BCUT2D eigenvalue weighted by Gasteiger charge is 2.23. The van der Waals surface area contributed by atoms with Crippen molar-refractivity contribution in [1.82, 2.24) is 5.32 Å². The fourth-order valence-corrected chi connectivity index (χ4v) is 6.65. The van der Waals surface area contributed by atoms with Gasteiger partial charge in [-0.3, -0.25) is 18.6 Å². The normalized spacial score (nSPS) is 13.5. The Morgan fingerprint density at radius 3 is 1.62 bits per heavy atom. The molecule has 0 aromatic rings. The number of esters is 1. The molecule has 1 amide bonds. The molecule has 10 heteroatoms. The summed E-state index contributed by atoms with van der Waals surface area (Å²) in [5.41, 5.74) is 0. The van der Waals surface area contributed by atoms with Crippen LogP contribution in [0.1, 0.15) is 200 Å². The predicted octanol–water partition coefficient (Wildman–Crippen LogP) is 11.6. The van der Waals surface area contributed by atoms with Gasteiger partial charge in [0.25, 0.3) is 0 Å². The smallest absolute Gasteiger partial charge is 0.463 e. The minimum Gasteiger partial charge on any atom is -0.463 e. The number of ether oxygens (including phenoxy) is 1. The van der Waals surface area contributed by atoms with Crippen LogP contribution >= 0.6 is 7.82 Å². The van der Waals surface area contributed by atoms with Crippen LogP contribution < -0.4 is 5.32 Å². The van der Waals surface area contributed by atoms with Gasteiger partial charge in [-0.05, 0) is 38.5 Å². The van der Waals surface area contributed by atoms with Gasteiger partial charge in [0, 0.05) is 19.4 Å². The van der Waals surface area contributed by atoms with E-state index >= 15 is 0 Å². The molecule has 0 saturated carbocycles. The predicted molar refractivity (Wildman–Crippen MR) is 215 cm³/mol. The zero-order chi connectivity index (χ0) is 38.2. The van der Waals surface area contributed by atoms with Crippen LogP contribution in [0.2, 0.25) is 0 Å². The van der Waals surface area contributed by atoms with Crippen molar-refractivity contribution in [3.05, 3.63) is 24.3 Å². The van der Waals surface area contributed by atoms with Gasteiger partial charge >= 0.3 is 13.8 Å². The maximum Gasteiger partial charge on any atom is 0.472 e. The molecular formula is C42H80NO8P. The number of unbranched alkanes of at least 4 members (excludes halogenated alkanes) is 23. The Labute approximate surface area is 319 Å². The van der Waals surface area contributed by atoms with Gasteiger partial charge in [0.15, 0.2) is 0 Å². The van der Waals surface area contributed by atoms with E-state index in [0.29, 0.717) is 6.42 Å². The van der Waals surface area contributed by atoms with Crippen LogP contribution in [0.25, 0.3) is 0 Å². The number of rotatable bonds is 40. The minimum absolute atomic E-state index is 0.0757. The molecule has 0 radical (unpaired) electrons. The number of hydrogen-bond acceptors (Lipinski definition) is 7. The maximum absolute atomic E-state index is 12.1. The minimum atomic E-state index is -4.41. The van der Waals surface area contributed by atoms with Gasteiger partial charge in [0.2, 0.25) is 5.91 Å². The summed E-state index contributed by atoms with van der Waals surface area (Å²) in [7, 11) is -4.41. The van der Waals surface area contributed by atoms with Crippen molar-refractivity contribution in [3.8, 4) is 0 Å². The highest BCUT2D eigenvalue weighted by Crippen LogP contribution is 2.42. The molecule has 0 aliphatic rings. The Morgan fingerprint density at radius 2 is 1.08 bits per heavy atom. The van der Waals surface area contributed by atoms with Crippen LogP contribution in [0.5, 0.6) is 0 Å². The second-order valence-electron chi connectivity index (χ2n) is 14.3. The monoisotopic (exact) mass is 758 g/mol. The van der Waals surface area contributed by atoms with Crippen molar-refractivity contribution >= 4 is 19.7 Å². The van der Waals surface area contributed by atoms with Crippen LogP contribution in [-0.4, -0.2) is 54.3 Å². The van der Waals surface area contributed by atoms with Crippen molar-refractivity contribution in [2.75, 3.05) is 26.4 Å². The average molecular weight is 758 g/mol. The van der Waals surface area contributed by atoms with Gasteiger partial charge < -0.3 is 20.1 Å². The van der Waals surface area contributed by atoms with Gasteiger partial charge in [0.05, 0.1) is 13.2 Å². The topological polar surface area (TPSA) is 131 Å². The van der Waals surface area contributed by atoms with E-state index in [1.165, 1.54) is 103 Å². The molecule has 0 fully saturated rings. The molecule has 0 aromatic carbocycles. The van der Waals surface area contributed by atoms with E-state index in [0.717, 1.165) is 70.6 Å². The molecule has 2 atom stereocenters. The van der Waals surface area contributed by atoms with Crippen LogP contribution in [0.15, 0.2) is 24.3 Å². The summed E-state index contributed by atoms with van der Waals surface area (Å²) in [6, 6.07) is 0. The Hall–Kier alpha value is -1.51. The summed E-state index contributed by atoms with van der Waals surface area (Å²) >= 11 is 0. The Morgan fingerprint density at radius 1 is 0.596 bits per heavy atom. The van der Waals surface area contributed by atoms with Crippen molar-refractivity contribution in [3.63, 3.8) is 0 Å². The first-order valence-electron chi connectivity index (χ1n) is 21.3. The average Bonchev–Trinajstić information content (AvgIpc) is 3.13. The number of aliphatic hydroxyl groups excluding tert-OH is 1. The van der Waals surface area contributed by atoms with Gasteiger partial charge in [-0.25, -0.2) is 4.57 Å². The van der Waals surface area contributed by atoms with E-state index < -0.39 is 26.5 Å². The van der Waals surface area contributed by atoms with Crippen LogP contribution in [0, 0.1) is 0 Å². The van der Waals surface area contributed by atoms with E-state index in [4.69, 9.17) is 13.8 Å². The summed E-state index contributed by atoms with van der Waals surface area (Å²) in [4.78, 5) is 33.8. The van der Waals surface area contributed by atoms with Gasteiger partial charge in [-0.2, -0.15) is 0 Å². The largest absolute Gasteiger partial charge is 0.472 e. The van der Waals surface area contributed by atoms with Crippen LogP contribution in [0.3, 0.4) is 0 Å². The van der Waals surface area contributed by atoms with E-state index in [2.05, 4.69) is 43.5 Å². The zero-order valence-corrected chi connectivity index (χ0v) is 34.4. The lowest BCUT2D eigenvalue weighted by atomic mass is 10.0. The molecule has 0 bridgehead atoms. The fourth-order valence-electron chi connectivity index (χ4n) is 5.89. The second-order valence-corrected chi connectivity index (χ2v) is 15.8. The lowest BCUT2D eigenvalue weighted by Gasteiger charge is -2.15. The number of amides is 1. The Kier molecular flexibility index (Phi) is 38.1. The van der Waals surface area contributed by atoms with Gasteiger partial charge in [0.1, 0.15) is 12.7 Å². The summed E-state index contributed by atoms with van der Waals surface area (Å²) in [6.45, 7) is 3.49. The summed E-state index contributed by atoms with van der Waals surface area (Å²) in [5, 5.41) is 12.7.